The Morgan fingerprint density at radius 3 is 2.69 bits per heavy atom. The van der Waals surface area contributed by atoms with E-state index >= 15 is 0 Å². The van der Waals surface area contributed by atoms with Crippen molar-refractivity contribution in [3.8, 4) is 5.75 Å². The first-order valence-corrected chi connectivity index (χ1v) is 5.45. The SMILES string of the molecule is COc1cc([N+](=O)[O-])cc(C(=O)CCl)c1Br. The highest BCUT2D eigenvalue weighted by Crippen LogP contribution is 2.33. The van der Waals surface area contributed by atoms with E-state index in [2.05, 4.69) is 15.9 Å². The lowest BCUT2D eigenvalue weighted by Crippen LogP contribution is -2.04. The lowest BCUT2D eigenvalue weighted by molar-refractivity contribution is -0.385. The van der Waals surface area contributed by atoms with Crippen LogP contribution in [0.5, 0.6) is 5.75 Å². The molecule has 0 bridgehead atoms. The fraction of sp³-hybridized carbons (Fsp3) is 0.222. The number of halogens is 2. The number of methoxy groups -OCH3 is 1. The number of nitrogens with zero attached hydrogens (tertiary/aromatic N) is 1. The number of alkyl halides is 1. The maximum absolute atomic E-state index is 11.4. The number of hydrogen-bond acceptors (Lipinski definition) is 4. The second-order valence-corrected chi connectivity index (χ2v) is 3.88. The quantitative estimate of drug-likeness (QED) is 0.371. The molecular weight excluding hydrogens is 301 g/mol. The molecule has 0 unspecified atom stereocenters. The molecule has 7 heteroatoms. The number of nitro groups is 1. The molecule has 0 saturated heterocycles. The van der Waals surface area contributed by atoms with E-state index in [1.165, 1.54) is 13.2 Å². The molecule has 86 valence electrons. The summed E-state index contributed by atoms with van der Waals surface area (Å²) in [6.07, 6.45) is 0. The van der Waals surface area contributed by atoms with Crippen LogP contribution >= 0.6 is 27.5 Å². The van der Waals surface area contributed by atoms with Crippen molar-refractivity contribution in [2.45, 2.75) is 0 Å². The third-order valence-corrected chi connectivity index (χ3v) is 2.94. The van der Waals surface area contributed by atoms with Gasteiger partial charge in [0.05, 0.1) is 28.5 Å². The summed E-state index contributed by atoms with van der Waals surface area (Å²) in [7, 11) is 1.36. The van der Waals surface area contributed by atoms with Gasteiger partial charge < -0.3 is 4.74 Å². The third kappa shape index (κ3) is 2.51. The van der Waals surface area contributed by atoms with Gasteiger partial charge in [0.15, 0.2) is 5.78 Å². The van der Waals surface area contributed by atoms with Crippen LogP contribution in [0.25, 0.3) is 0 Å². The molecular formula is C9H7BrClNO4. The number of carbonyl (C=O) groups excluding carboxylic acids is 1. The Kier molecular flexibility index (Phi) is 4.26. The molecule has 0 aliphatic carbocycles. The number of carbonyl (C=O) groups is 1. The molecule has 0 saturated carbocycles. The molecule has 0 radical (unpaired) electrons. The molecule has 0 aliphatic heterocycles. The summed E-state index contributed by atoms with van der Waals surface area (Å²) < 4.78 is 5.29. The van der Waals surface area contributed by atoms with Gasteiger partial charge in [-0.25, -0.2) is 0 Å². The zero-order chi connectivity index (χ0) is 12.3. The van der Waals surface area contributed by atoms with Crippen LogP contribution in [0.3, 0.4) is 0 Å². The zero-order valence-electron chi connectivity index (χ0n) is 8.20. The number of hydrogen-bond donors (Lipinski definition) is 0. The normalized spacial score (nSPS) is 9.94. The highest BCUT2D eigenvalue weighted by atomic mass is 79.9. The number of rotatable bonds is 4. The minimum absolute atomic E-state index is 0.140. The molecule has 0 N–H and O–H groups in total. The van der Waals surface area contributed by atoms with Crippen molar-refractivity contribution < 1.29 is 14.5 Å². The Hall–Kier alpha value is -1.14. The predicted octanol–water partition coefficient (Wildman–Crippen LogP) is 2.79. The second kappa shape index (κ2) is 5.27. The van der Waals surface area contributed by atoms with Gasteiger partial charge in [0.2, 0.25) is 0 Å². The first-order chi connectivity index (χ1) is 7.51. The van der Waals surface area contributed by atoms with Gasteiger partial charge in [0.25, 0.3) is 5.69 Å². The van der Waals surface area contributed by atoms with Gasteiger partial charge in [-0.2, -0.15) is 0 Å². The third-order valence-electron chi connectivity index (χ3n) is 1.88. The number of ether oxygens (including phenoxy) is 1. The van der Waals surface area contributed by atoms with Crippen LogP contribution < -0.4 is 4.74 Å². The van der Waals surface area contributed by atoms with E-state index in [-0.39, 0.29) is 22.9 Å². The summed E-state index contributed by atoms with van der Waals surface area (Å²) in [5.74, 6) is -0.429. The fourth-order valence-corrected chi connectivity index (χ4v) is 1.87. The molecule has 1 rings (SSSR count). The van der Waals surface area contributed by atoms with Gasteiger partial charge in [-0.15, -0.1) is 11.6 Å². The largest absolute Gasteiger partial charge is 0.495 e. The molecule has 5 nitrogen and oxygen atoms in total. The summed E-state index contributed by atoms with van der Waals surface area (Å²) >= 11 is 8.54. The van der Waals surface area contributed by atoms with E-state index in [9.17, 15) is 14.9 Å². The van der Waals surface area contributed by atoms with Crippen molar-refractivity contribution in [3.63, 3.8) is 0 Å². The number of Topliss-reactive ketones (excluding diaryl/α,β-unsaturated/α-hetero) is 1. The maximum Gasteiger partial charge on any atom is 0.273 e. The molecule has 0 spiro atoms. The molecule has 0 aliphatic rings. The first-order valence-electron chi connectivity index (χ1n) is 4.12. The van der Waals surface area contributed by atoms with Gasteiger partial charge >= 0.3 is 0 Å². The van der Waals surface area contributed by atoms with Gasteiger partial charge in [-0.05, 0) is 15.9 Å². The van der Waals surface area contributed by atoms with Crippen LogP contribution in [0.1, 0.15) is 10.4 Å². The summed E-state index contributed by atoms with van der Waals surface area (Å²) in [6.45, 7) is 0. The fourth-order valence-electron chi connectivity index (χ4n) is 1.11. The van der Waals surface area contributed by atoms with E-state index in [0.717, 1.165) is 6.07 Å². The van der Waals surface area contributed by atoms with Crippen molar-refractivity contribution in [2.75, 3.05) is 13.0 Å². The van der Waals surface area contributed by atoms with Gasteiger partial charge in [0.1, 0.15) is 5.75 Å². The van der Waals surface area contributed by atoms with Gasteiger partial charge in [0, 0.05) is 11.6 Å². The van der Waals surface area contributed by atoms with Crippen molar-refractivity contribution in [2.24, 2.45) is 0 Å². The van der Waals surface area contributed by atoms with Gasteiger partial charge in [-0.1, -0.05) is 0 Å². The van der Waals surface area contributed by atoms with E-state index in [1.807, 2.05) is 0 Å². The van der Waals surface area contributed by atoms with Crippen molar-refractivity contribution in [1.29, 1.82) is 0 Å². The molecule has 0 atom stereocenters. The van der Waals surface area contributed by atoms with Crippen LogP contribution in [0, 0.1) is 10.1 Å². The maximum atomic E-state index is 11.4. The smallest absolute Gasteiger partial charge is 0.273 e. The lowest BCUT2D eigenvalue weighted by atomic mass is 10.1. The number of nitro benzene ring substituents is 1. The van der Waals surface area contributed by atoms with Crippen LogP contribution in [-0.2, 0) is 0 Å². The summed E-state index contributed by atoms with van der Waals surface area (Å²) in [5.41, 5.74) is -0.0745. The average Bonchev–Trinajstić information content (AvgIpc) is 2.28. The Balaban J connectivity index is 3.41. The number of benzene rings is 1. The lowest BCUT2D eigenvalue weighted by Gasteiger charge is -2.07. The topological polar surface area (TPSA) is 69.4 Å². The highest BCUT2D eigenvalue weighted by Gasteiger charge is 2.19. The number of ketones is 1. The minimum Gasteiger partial charge on any atom is -0.495 e. The van der Waals surface area contributed by atoms with Gasteiger partial charge in [-0.3, -0.25) is 14.9 Å². The monoisotopic (exact) mass is 307 g/mol. The predicted molar refractivity (Wildman–Crippen MR) is 62.4 cm³/mol. The summed E-state index contributed by atoms with van der Waals surface area (Å²) in [5, 5.41) is 10.6. The summed E-state index contributed by atoms with van der Waals surface area (Å²) in [4.78, 5) is 21.5. The Morgan fingerprint density at radius 2 is 2.25 bits per heavy atom. The molecule has 0 heterocycles. The molecule has 1 aromatic rings. The first kappa shape index (κ1) is 12.9. The molecule has 0 fully saturated rings. The average molecular weight is 309 g/mol. The van der Waals surface area contributed by atoms with Crippen molar-refractivity contribution in [3.05, 3.63) is 32.3 Å². The van der Waals surface area contributed by atoms with Crippen LogP contribution in [0.2, 0.25) is 0 Å². The summed E-state index contributed by atoms with van der Waals surface area (Å²) in [6, 6.07) is 2.40. The Labute approximate surface area is 105 Å². The van der Waals surface area contributed by atoms with E-state index in [1.54, 1.807) is 0 Å². The zero-order valence-corrected chi connectivity index (χ0v) is 10.5. The Morgan fingerprint density at radius 1 is 1.62 bits per heavy atom. The van der Waals surface area contributed by atoms with E-state index in [0.29, 0.717) is 4.47 Å². The molecule has 0 amide bonds. The molecule has 1 aromatic carbocycles. The minimum atomic E-state index is -0.597. The van der Waals surface area contributed by atoms with Crippen molar-refractivity contribution in [1.82, 2.24) is 0 Å². The standard InChI is InChI=1S/C9H7BrClNO4/c1-16-8-3-5(12(14)15)2-6(9(8)10)7(13)4-11/h2-3H,4H2,1H3. The van der Waals surface area contributed by atoms with Crippen LogP contribution in [0.15, 0.2) is 16.6 Å². The number of non-ortho nitro benzene ring substituents is 1. The molecule has 16 heavy (non-hydrogen) atoms. The highest BCUT2D eigenvalue weighted by molar-refractivity contribution is 9.10. The van der Waals surface area contributed by atoms with E-state index in [4.69, 9.17) is 16.3 Å². The molecule has 0 aromatic heterocycles. The second-order valence-electron chi connectivity index (χ2n) is 2.82. The van der Waals surface area contributed by atoms with Crippen LogP contribution in [0.4, 0.5) is 5.69 Å². The Bertz CT molecular complexity index is 449. The van der Waals surface area contributed by atoms with Crippen LogP contribution in [-0.4, -0.2) is 23.7 Å². The van der Waals surface area contributed by atoms with Crippen molar-refractivity contribution >= 4 is 39.0 Å². The van der Waals surface area contributed by atoms with E-state index < -0.39 is 10.7 Å².